The van der Waals surface area contributed by atoms with Gasteiger partial charge in [0.05, 0.1) is 24.0 Å². The lowest BCUT2D eigenvalue weighted by Crippen LogP contribution is -2.41. The third-order valence-corrected chi connectivity index (χ3v) is 6.61. The van der Waals surface area contributed by atoms with Crippen LogP contribution in [0.3, 0.4) is 0 Å². The van der Waals surface area contributed by atoms with Crippen LogP contribution in [0.5, 0.6) is 0 Å². The number of hydrogen-bond acceptors (Lipinski definition) is 6. The van der Waals surface area contributed by atoms with E-state index in [4.69, 9.17) is 4.42 Å². The molecular formula is C20H21NO5S2. The van der Waals surface area contributed by atoms with E-state index in [0.717, 1.165) is 11.8 Å². The summed E-state index contributed by atoms with van der Waals surface area (Å²) in [6, 6.07) is 11.8. The molecular weight excluding hydrogens is 398 g/mol. The molecule has 0 unspecified atom stereocenters. The van der Waals surface area contributed by atoms with Gasteiger partial charge in [-0.1, -0.05) is 18.2 Å². The summed E-state index contributed by atoms with van der Waals surface area (Å²) >= 11 is 1.40. The number of hydrogen-bond donors (Lipinski definition) is 2. The molecule has 1 amide bonds. The molecule has 0 spiro atoms. The molecule has 0 aliphatic carbocycles. The van der Waals surface area contributed by atoms with Crippen LogP contribution in [0.2, 0.25) is 0 Å². The van der Waals surface area contributed by atoms with E-state index in [1.165, 1.54) is 36.0 Å². The number of amides is 1. The molecule has 3 rings (SSSR count). The second-order valence-corrected chi connectivity index (χ2v) is 9.51. The largest absolute Gasteiger partial charge is 0.472 e. The summed E-state index contributed by atoms with van der Waals surface area (Å²) in [5, 5.41) is 15.8. The van der Waals surface area contributed by atoms with E-state index in [0.29, 0.717) is 16.9 Å². The minimum absolute atomic E-state index is 0.0267. The second kappa shape index (κ2) is 8.30. The number of benzene rings is 1. The van der Waals surface area contributed by atoms with Gasteiger partial charge in [-0.05, 0) is 41.6 Å². The molecule has 0 bridgehead atoms. The molecule has 0 radical (unpaired) electrons. The number of carbonyl (C=O) groups excluding carboxylic acids is 1. The molecule has 2 N–H and O–H groups in total. The average molecular weight is 420 g/mol. The first kappa shape index (κ1) is 20.3. The van der Waals surface area contributed by atoms with Crippen LogP contribution in [0.25, 0.3) is 0 Å². The van der Waals surface area contributed by atoms with Gasteiger partial charge in [-0.2, -0.15) is 0 Å². The zero-order valence-corrected chi connectivity index (χ0v) is 16.9. The van der Waals surface area contributed by atoms with E-state index in [1.54, 1.807) is 18.2 Å². The molecule has 3 aromatic rings. The predicted molar refractivity (Wildman–Crippen MR) is 107 cm³/mol. The molecule has 0 saturated carbocycles. The Bertz CT molecular complexity index is 973. The molecule has 148 valence electrons. The van der Waals surface area contributed by atoms with Crippen molar-refractivity contribution in [3.05, 3.63) is 76.4 Å². The summed E-state index contributed by atoms with van der Waals surface area (Å²) in [5.41, 5.74) is 0.0889. The highest BCUT2D eigenvalue weighted by Gasteiger charge is 2.34. The van der Waals surface area contributed by atoms with Crippen LogP contribution in [0.15, 0.2) is 69.7 Å². The lowest BCUT2D eigenvalue weighted by molar-refractivity contribution is -0.122. The van der Waals surface area contributed by atoms with Gasteiger partial charge >= 0.3 is 0 Å². The van der Waals surface area contributed by atoms with E-state index in [1.807, 2.05) is 17.5 Å². The SMILES string of the molecule is CS(=O)(=O)c1ccc(CCC(=O)NC[C@@](O)(c2ccoc2)c2cccs2)cc1. The molecule has 0 aliphatic heterocycles. The fourth-order valence-electron chi connectivity index (χ4n) is 2.82. The Morgan fingerprint density at radius 1 is 1.21 bits per heavy atom. The highest BCUT2D eigenvalue weighted by atomic mass is 32.2. The van der Waals surface area contributed by atoms with Gasteiger partial charge in [-0.15, -0.1) is 11.3 Å². The quantitative estimate of drug-likeness (QED) is 0.585. The molecule has 28 heavy (non-hydrogen) atoms. The lowest BCUT2D eigenvalue weighted by Gasteiger charge is -2.26. The van der Waals surface area contributed by atoms with Crippen molar-refractivity contribution in [1.29, 1.82) is 0 Å². The number of nitrogens with one attached hydrogen (secondary N) is 1. The number of furan rings is 1. The summed E-state index contributed by atoms with van der Waals surface area (Å²) in [4.78, 5) is 13.3. The average Bonchev–Trinajstić information content (AvgIpc) is 3.38. The Morgan fingerprint density at radius 3 is 2.54 bits per heavy atom. The monoisotopic (exact) mass is 419 g/mol. The molecule has 0 saturated heterocycles. The summed E-state index contributed by atoms with van der Waals surface area (Å²) < 4.78 is 28.1. The van der Waals surface area contributed by atoms with Gasteiger partial charge in [0.15, 0.2) is 9.84 Å². The summed E-state index contributed by atoms with van der Waals surface area (Å²) in [5.74, 6) is -0.203. The van der Waals surface area contributed by atoms with Crippen LogP contribution in [0.1, 0.15) is 22.4 Å². The maximum atomic E-state index is 12.3. The van der Waals surface area contributed by atoms with Crippen LogP contribution in [-0.4, -0.2) is 32.2 Å². The Balaban J connectivity index is 1.60. The van der Waals surface area contributed by atoms with Crippen molar-refractivity contribution in [2.24, 2.45) is 0 Å². The van der Waals surface area contributed by atoms with Crippen molar-refractivity contribution in [3.8, 4) is 0 Å². The summed E-state index contributed by atoms with van der Waals surface area (Å²) in [6.45, 7) is 0.0267. The third-order valence-electron chi connectivity index (χ3n) is 4.46. The zero-order chi connectivity index (χ0) is 20.2. The van der Waals surface area contributed by atoms with Crippen LogP contribution in [-0.2, 0) is 26.7 Å². The molecule has 0 fully saturated rings. The van der Waals surface area contributed by atoms with Crippen LogP contribution in [0, 0.1) is 0 Å². The Hall–Kier alpha value is -2.42. The van der Waals surface area contributed by atoms with E-state index in [2.05, 4.69) is 5.32 Å². The fraction of sp³-hybridized carbons (Fsp3) is 0.250. The van der Waals surface area contributed by atoms with Crippen LogP contribution < -0.4 is 5.32 Å². The van der Waals surface area contributed by atoms with Crippen molar-refractivity contribution < 1.29 is 22.7 Å². The van der Waals surface area contributed by atoms with Crippen molar-refractivity contribution in [1.82, 2.24) is 5.32 Å². The zero-order valence-electron chi connectivity index (χ0n) is 15.3. The number of carbonyl (C=O) groups is 1. The smallest absolute Gasteiger partial charge is 0.220 e. The minimum Gasteiger partial charge on any atom is -0.472 e. The topological polar surface area (TPSA) is 96.6 Å². The van der Waals surface area contributed by atoms with E-state index < -0.39 is 15.4 Å². The first-order chi connectivity index (χ1) is 13.3. The standard InChI is InChI=1S/C20H21NO5S2/c1-28(24,25)17-7-4-15(5-8-17)6-9-19(22)21-14-20(23,16-10-11-26-13-16)18-3-2-12-27-18/h2-5,7-8,10-13,23H,6,9,14H2,1H3,(H,21,22)/t20-/m1/s1. The number of aliphatic hydroxyl groups is 1. The van der Waals surface area contributed by atoms with Crippen molar-refractivity contribution >= 4 is 27.1 Å². The summed E-state index contributed by atoms with van der Waals surface area (Å²) in [6.07, 6.45) is 4.80. The van der Waals surface area contributed by atoms with Gasteiger partial charge in [-0.3, -0.25) is 4.79 Å². The normalized spacial score (nSPS) is 13.8. The third kappa shape index (κ3) is 4.70. The Labute approximate surface area is 167 Å². The van der Waals surface area contributed by atoms with Gasteiger partial charge in [-0.25, -0.2) is 8.42 Å². The number of sulfone groups is 1. The van der Waals surface area contributed by atoms with Gasteiger partial charge in [0.2, 0.25) is 5.91 Å². The van der Waals surface area contributed by atoms with Gasteiger partial charge in [0.1, 0.15) is 5.60 Å². The fourth-order valence-corrected chi connectivity index (χ4v) is 4.30. The van der Waals surface area contributed by atoms with Gasteiger partial charge in [0, 0.05) is 23.1 Å². The van der Waals surface area contributed by atoms with Crippen molar-refractivity contribution in [2.45, 2.75) is 23.3 Å². The Kier molecular flexibility index (Phi) is 6.02. The number of rotatable bonds is 8. The van der Waals surface area contributed by atoms with Crippen molar-refractivity contribution in [2.75, 3.05) is 12.8 Å². The lowest BCUT2D eigenvalue weighted by atomic mass is 9.94. The molecule has 1 atom stereocenters. The first-order valence-corrected chi connectivity index (χ1v) is 11.4. The van der Waals surface area contributed by atoms with Crippen LogP contribution in [0.4, 0.5) is 0 Å². The maximum Gasteiger partial charge on any atom is 0.220 e. The predicted octanol–water partition coefficient (Wildman–Crippen LogP) is 2.73. The highest BCUT2D eigenvalue weighted by molar-refractivity contribution is 7.90. The van der Waals surface area contributed by atoms with Gasteiger partial charge in [0.25, 0.3) is 0 Å². The number of thiophene rings is 1. The molecule has 0 aliphatic rings. The van der Waals surface area contributed by atoms with E-state index >= 15 is 0 Å². The minimum atomic E-state index is -3.23. The molecule has 6 nitrogen and oxygen atoms in total. The summed E-state index contributed by atoms with van der Waals surface area (Å²) in [7, 11) is -3.23. The highest BCUT2D eigenvalue weighted by Crippen LogP contribution is 2.32. The van der Waals surface area contributed by atoms with Crippen molar-refractivity contribution in [3.63, 3.8) is 0 Å². The maximum absolute atomic E-state index is 12.3. The van der Waals surface area contributed by atoms with Crippen LogP contribution >= 0.6 is 11.3 Å². The molecule has 2 heterocycles. The molecule has 1 aromatic carbocycles. The van der Waals surface area contributed by atoms with E-state index in [9.17, 15) is 18.3 Å². The molecule has 2 aromatic heterocycles. The number of aryl methyl sites for hydroxylation is 1. The molecule has 8 heteroatoms. The van der Waals surface area contributed by atoms with Gasteiger partial charge < -0.3 is 14.8 Å². The second-order valence-electron chi connectivity index (χ2n) is 6.54. The Morgan fingerprint density at radius 2 is 1.96 bits per heavy atom. The van der Waals surface area contributed by atoms with E-state index in [-0.39, 0.29) is 23.8 Å². The first-order valence-electron chi connectivity index (χ1n) is 8.64.